The van der Waals surface area contributed by atoms with E-state index in [1.165, 1.54) is 23.5 Å². The molecule has 1 N–H and O–H groups in total. The summed E-state index contributed by atoms with van der Waals surface area (Å²) in [7, 11) is 1.54. The van der Waals surface area contributed by atoms with Gasteiger partial charge in [-0.05, 0) is 47.4 Å². The van der Waals surface area contributed by atoms with Crippen LogP contribution in [0.15, 0.2) is 60.0 Å². The molecule has 0 spiro atoms. The Morgan fingerprint density at radius 1 is 1.19 bits per heavy atom. The number of carboxylic acids is 1. The van der Waals surface area contributed by atoms with Crippen LogP contribution in [-0.2, 0) is 11.4 Å². The van der Waals surface area contributed by atoms with E-state index in [0.29, 0.717) is 21.9 Å². The Hall–Kier alpha value is -3.12. The number of rotatable bonds is 7. The quantitative estimate of drug-likeness (QED) is 0.576. The number of hydrogen-bond donors (Lipinski definition) is 1. The maximum absolute atomic E-state index is 13.0. The molecular formula is C21H17FO4S. The van der Waals surface area contributed by atoms with Crippen molar-refractivity contribution in [1.82, 2.24) is 0 Å². The SMILES string of the molecule is COc1ccc(/C=C(\C(=O)O)c2cccs2)c(OCc2ccc(F)cc2)c1. The predicted molar refractivity (Wildman–Crippen MR) is 104 cm³/mol. The number of methoxy groups -OCH3 is 1. The van der Waals surface area contributed by atoms with Gasteiger partial charge in [0.05, 0.1) is 12.7 Å². The zero-order valence-electron chi connectivity index (χ0n) is 14.5. The highest BCUT2D eigenvalue weighted by atomic mass is 32.1. The van der Waals surface area contributed by atoms with Gasteiger partial charge in [-0.3, -0.25) is 0 Å². The van der Waals surface area contributed by atoms with Crippen molar-refractivity contribution in [1.29, 1.82) is 0 Å². The first-order chi connectivity index (χ1) is 13.1. The summed E-state index contributed by atoms with van der Waals surface area (Å²) >= 11 is 1.35. The topological polar surface area (TPSA) is 55.8 Å². The van der Waals surface area contributed by atoms with Crippen LogP contribution in [0.25, 0.3) is 11.6 Å². The van der Waals surface area contributed by atoms with Crippen LogP contribution in [0.3, 0.4) is 0 Å². The summed E-state index contributed by atoms with van der Waals surface area (Å²) in [6.45, 7) is 0.218. The molecule has 0 radical (unpaired) electrons. The van der Waals surface area contributed by atoms with E-state index in [1.54, 1.807) is 55.7 Å². The van der Waals surface area contributed by atoms with Gasteiger partial charge >= 0.3 is 5.97 Å². The average molecular weight is 384 g/mol. The molecule has 6 heteroatoms. The largest absolute Gasteiger partial charge is 0.497 e. The normalized spacial score (nSPS) is 11.3. The smallest absolute Gasteiger partial charge is 0.337 e. The summed E-state index contributed by atoms with van der Waals surface area (Å²) in [6, 6.07) is 14.8. The second kappa shape index (κ2) is 8.51. The van der Waals surface area contributed by atoms with E-state index in [0.717, 1.165) is 5.56 Å². The van der Waals surface area contributed by atoms with Crippen molar-refractivity contribution < 1.29 is 23.8 Å². The van der Waals surface area contributed by atoms with Crippen molar-refractivity contribution in [3.63, 3.8) is 0 Å². The van der Waals surface area contributed by atoms with E-state index < -0.39 is 5.97 Å². The van der Waals surface area contributed by atoms with Gasteiger partial charge < -0.3 is 14.6 Å². The van der Waals surface area contributed by atoms with E-state index in [4.69, 9.17) is 9.47 Å². The molecule has 138 valence electrons. The number of carboxylic acid groups (broad SMARTS) is 1. The lowest BCUT2D eigenvalue weighted by Crippen LogP contribution is -2.00. The number of aliphatic carboxylic acids is 1. The predicted octanol–water partition coefficient (Wildman–Crippen LogP) is 5.10. The van der Waals surface area contributed by atoms with E-state index in [9.17, 15) is 14.3 Å². The molecule has 1 heterocycles. The van der Waals surface area contributed by atoms with Gasteiger partial charge in [0, 0.05) is 16.5 Å². The number of hydrogen-bond acceptors (Lipinski definition) is 4. The Morgan fingerprint density at radius 3 is 2.59 bits per heavy atom. The van der Waals surface area contributed by atoms with Crippen molar-refractivity contribution in [2.24, 2.45) is 0 Å². The van der Waals surface area contributed by atoms with Crippen LogP contribution in [0.4, 0.5) is 4.39 Å². The first kappa shape index (κ1) is 18.7. The third-order valence-electron chi connectivity index (χ3n) is 3.85. The maximum Gasteiger partial charge on any atom is 0.337 e. The monoisotopic (exact) mass is 384 g/mol. The molecule has 0 bridgehead atoms. The Labute approximate surface area is 160 Å². The Kier molecular flexibility index (Phi) is 5.88. The van der Waals surface area contributed by atoms with Crippen LogP contribution in [0.1, 0.15) is 16.0 Å². The van der Waals surface area contributed by atoms with Crippen LogP contribution in [0.2, 0.25) is 0 Å². The fourth-order valence-electron chi connectivity index (χ4n) is 2.45. The lowest BCUT2D eigenvalue weighted by molar-refractivity contribution is -0.130. The molecule has 0 atom stereocenters. The zero-order chi connectivity index (χ0) is 19.2. The van der Waals surface area contributed by atoms with Gasteiger partial charge in [-0.15, -0.1) is 11.3 Å². The molecular weight excluding hydrogens is 367 g/mol. The molecule has 0 aliphatic heterocycles. The third-order valence-corrected chi connectivity index (χ3v) is 4.75. The zero-order valence-corrected chi connectivity index (χ0v) is 15.3. The van der Waals surface area contributed by atoms with Crippen molar-refractivity contribution in [2.75, 3.05) is 7.11 Å². The number of halogens is 1. The third kappa shape index (κ3) is 4.74. The van der Waals surface area contributed by atoms with E-state index >= 15 is 0 Å². The Bertz CT molecular complexity index is 947. The van der Waals surface area contributed by atoms with Gasteiger partial charge in [-0.1, -0.05) is 18.2 Å². The molecule has 4 nitrogen and oxygen atoms in total. The molecule has 2 aromatic carbocycles. The van der Waals surface area contributed by atoms with E-state index in [1.807, 2.05) is 5.38 Å². The van der Waals surface area contributed by atoms with Crippen molar-refractivity contribution in [3.05, 3.63) is 81.8 Å². The summed E-state index contributed by atoms with van der Waals surface area (Å²) in [4.78, 5) is 12.3. The highest BCUT2D eigenvalue weighted by Crippen LogP contribution is 2.31. The molecule has 0 fully saturated rings. The van der Waals surface area contributed by atoms with Crippen LogP contribution in [0, 0.1) is 5.82 Å². The van der Waals surface area contributed by atoms with Crippen molar-refractivity contribution in [2.45, 2.75) is 6.61 Å². The van der Waals surface area contributed by atoms with E-state index in [2.05, 4.69) is 0 Å². The molecule has 0 amide bonds. The van der Waals surface area contributed by atoms with Crippen LogP contribution >= 0.6 is 11.3 Å². The molecule has 3 rings (SSSR count). The van der Waals surface area contributed by atoms with Gasteiger partial charge in [-0.25, -0.2) is 9.18 Å². The fraction of sp³-hybridized carbons (Fsp3) is 0.0952. The van der Waals surface area contributed by atoms with Gasteiger partial charge in [-0.2, -0.15) is 0 Å². The van der Waals surface area contributed by atoms with Crippen molar-refractivity contribution in [3.8, 4) is 11.5 Å². The summed E-state index contributed by atoms with van der Waals surface area (Å²) in [5.74, 6) is -0.258. The summed E-state index contributed by atoms with van der Waals surface area (Å²) in [5.41, 5.74) is 1.59. The highest BCUT2D eigenvalue weighted by Gasteiger charge is 2.14. The number of ether oxygens (including phenoxy) is 2. The van der Waals surface area contributed by atoms with Crippen LogP contribution in [-0.4, -0.2) is 18.2 Å². The maximum atomic E-state index is 13.0. The fourth-order valence-corrected chi connectivity index (χ4v) is 3.19. The number of thiophene rings is 1. The molecule has 1 aromatic heterocycles. The molecule has 0 aliphatic carbocycles. The minimum atomic E-state index is -1.02. The second-order valence-corrected chi connectivity index (χ2v) is 6.61. The number of benzene rings is 2. The molecule has 0 unspecified atom stereocenters. The minimum Gasteiger partial charge on any atom is -0.497 e. The molecule has 3 aromatic rings. The molecule has 27 heavy (non-hydrogen) atoms. The lowest BCUT2D eigenvalue weighted by atomic mass is 10.1. The first-order valence-corrected chi connectivity index (χ1v) is 8.99. The van der Waals surface area contributed by atoms with Gasteiger partial charge in [0.25, 0.3) is 0 Å². The standard InChI is InChI=1S/C21H17FO4S/c1-25-17-9-6-15(11-18(21(23)24)20-3-2-10-27-20)19(12-17)26-13-14-4-7-16(22)8-5-14/h2-12H,13H2,1H3,(H,23,24)/b18-11-. The summed E-state index contributed by atoms with van der Waals surface area (Å²) in [5, 5.41) is 11.4. The average Bonchev–Trinajstić information content (AvgIpc) is 3.20. The first-order valence-electron chi connectivity index (χ1n) is 8.11. The molecule has 0 saturated carbocycles. The molecule has 0 saturated heterocycles. The van der Waals surface area contributed by atoms with Crippen LogP contribution < -0.4 is 9.47 Å². The van der Waals surface area contributed by atoms with Crippen LogP contribution in [0.5, 0.6) is 11.5 Å². The summed E-state index contributed by atoms with van der Waals surface area (Å²) < 4.78 is 24.2. The van der Waals surface area contributed by atoms with Gasteiger partial charge in [0.15, 0.2) is 0 Å². The highest BCUT2D eigenvalue weighted by molar-refractivity contribution is 7.11. The van der Waals surface area contributed by atoms with Crippen molar-refractivity contribution >= 4 is 29.0 Å². The number of carbonyl (C=O) groups is 1. The lowest BCUT2D eigenvalue weighted by Gasteiger charge is -2.12. The summed E-state index contributed by atoms with van der Waals surface area (Å²) in [6.07, 6.45) is 1.58. The van der Waals surface area contributed by atoms with Gasteiger partial charge in [0.1, 0.15) is 23.9 Å². The Morgan fingerprint density at radius 2 is 1.96 bits per heavy atom. The minimum absolute atomic E-state index is 0.182. The van der Waals surface area contributed by atoms with E-state index in [-0.39, 0.29) is 18.0 Å². The Balaban J connectivity index is 1.93. The second-order valence-electron chi connectivity index (χ2n) is 5.66. The van der Waals surface area contributed by atoms with Gasteiger partial charge in [0.2, 0.25) is 0 Å². The molecule has 0 aliphatic rings.